The quantitative estimate of drug-likeness (QED) is 0.595. The maximum atomic E-state index is 11.0. The first kappa shape index (κ1) is 8.97. The zero-order chi connectivity index (χ0) is 9.26. The van der Waals surface area contributed by atoms with Gasteiger partial charge < -0.3 is 11.1 Å². The summed E-state index contributed by atoms with van der Waals surface area (Å²) in [5, 5.41) is 3.32. The molecule has 2 saturated heterocycles. The molecular formula is C9H17N3O. The van der Waals surface area contributed by atoms with E-state index in [1.807, 2.05) is 0 Å². The number of piperidine rings is 1. The van der Waals surface area contributed by atoms with Crippen molar-refractivity contribution in [1.82, 2.24) is 10.2 Å². The standard InChI is InChI=1S/C9H17N3O/c10-9(13)8-3-6-12(8)7-1-4-11-5-2-7/h7-8,11H,1-6H2,(H2,10,13). The number of hydrogen-bond donors (Lipinski definition) is 2. The van der Waals surface area contributed by atoms with E-state index in [4.69, 9.17) is 5.73 Å². The predicted octanol–water partition coefficient (Wildman–Crippen LogP) is -0.702. The van der Waals surface area contributed by atoms with Crippen molar-refractivity contribution in [3.63, 3.8) is 0 Å². The third kappa shape index (κ3) is 1.69. The molecule has 74 valence electrons. The Labute approximate surface area is 78.5 Å². The number of likely N-dealkylation sites (tertiary alicyclic amines) is 1. The molecule has 0 bridgehead atoms. The summed E-state index contributed by atoms with van der Waals surface area (Å²) in [4.78, 5) is 13.3. The average molecular weight is 183 g/mol. The van der Waals surface area contributed by atoms with Crippen molar-refractivity contribution in [2.24, 2.45) is 5.73 Å². The van der Waals surface area contributed by atoms with Crippen molar-refractivity contribution in [3.05, 3.63) is 0 Å². The highest BCUT2D eigenvalue weighted by molar-refractivity contribution is 5.80. The summed E-state index contributed by atoms with van der Waals surface area (Å²) in [6.07, 6.45) is 3.27. The first-order valence-corrected chi connectivity index (χ1v) is 5.05. The first-order chi connectivity index (χ1) is 6.29. The Morgan fingerprint density at radius 2 is 2.00 bits per heavy atom. The van der Waals surface area contributed by atoms with Gasteiger partial charge in [-0.1, -0.05) is 0 Å². The van der Waals surface area contributed by atoms with Crippen LogP contribution in [0, 0.1) is 0 Å². The summed E-state index contributed by atoms with van der Waals surface area (Å²) < 4.78 is 0. The van der Waals surface area contributed by atoms with Crippen molar-refractivity contribution in [2.45, 2.75) is 31.3 Å². The second-order valence-corrected chi connectivity index (χ2v) is 3.93. The second kappa shape index (κ2) is 3.64. The van der Waals surface area contributed by atoms with E-state index in [9.17, 15) is 4.79 Å². The fraction of sp³-hybridized carbons (Fsp3) is 0.889. The van der Waals surface area contributed by atoms with Crippen LogP contribution in [-0.4, -0.2) is 42.5 Å². The van der Waals surface area contributed by atoms with Crippen LogP contribution in [0.5, 0.6) is 0 Å². The van der Waals surface area contributed by atoms with E-state index < -0.39 is 0 Å². The highest BCUT2D eigenvalue weighted by Crippen LogP contribution is 2.24. The van der Waals surface area contributed by atoms with Crippen LogP contribution >= 0.6 is 0 Å². The Morgan fingerprint density at radius 1 is 1.31 bits per heavy atom. The Bertz CT molecular complexity index is 201. The van der Waals surface area contributed by atoms with Crippen LogP contribution in [0.4, 0.5) is 0 Å². The number of nitrogens with zero attached hydrogens (tertiary/aromatic N) is 1. The summed E-state index contributed by atoms with van der Waals surface area (Å²) in [5.41, 5.74) is 5.30. The summed E-state index contributed by atoms with van der Waals surface area (Å²) >= 11 is 0. The highest BCUT2D eigenvalue weighted by Gasteiger charge is 2.37. The molecule has 1 atom stereocenters. The SMILES string of the molecule is NC(=O)C1CCN1C1CCNCC1. The van der Waals surface area contributed by atoms with Gasteiger partial charge in [0.15, 0.2) is 0 Å². The molecule has 2 fully saturated rings. The minimum atomic E-state index is -0.148. The Morgan fingerprint density at radius 3 is 2.46 bits per heavy atom. The highest BCUT2D eigenvalue weighted by atomic mass is 16.1. The van der Waals surface area contributed by atoms with Crippen LogP contribution in [0.1, 0.15) is 19.3 Å². The molecule has 4 heteroatoms. The molecule has 0 spiro atoms. The van der Waals surface area contributed by atoms with Gasteiger partial charge in [0.1, 0.15) is 0 Å². The molecule has 1 amide bonds. The van der Waals surface area contributed by atoms with Gasteiger partial charge in [0, 0.05) is 12.6 Å². The van der Waals surface area contributed by atoms with Crippen LogP contribution in [0.3, 0.4) is 0 Å². The smallest absolute Gasteiger partial charge is 0.234 e. The van der Waals surface area contributed by atoms with Crippen molar-refractivity contribution in [2.75, 3.05) is 19.6 Å². The number of nitrogens with two attached hydrogens (primary N) is 1. The normalized spacial score (nSPS) is 31.2. The number of hydrogen-bond acceptors (Lipinski definition) is 3. The van der Waals surface area contributed by atoms with Gasteiger partial charge in [-0.15, -0.1) is 0 Å². The van der Waals surface area contributed by atoms with Crippen LogP contribution in [0.2, 0.25) is 0 Å². The third-order valence-corrected chi connectivity index (χ3v) is 3.17. The predicted molar refractivity (Wildman–Crippen MR) is 50.2 cm³/mol. The molecule has 2 aliphatic heterocycles. The molecule has 4 nitrogen and oxygen atoms in total. The summed E-state index contributed by atoms with van der Waals surface area (Å²) in [6, 6.07) is 0.621. The first-order valence-electron chi connectivity index (χ1n) is 5.05. The fourth-order valence-electron chi connectivity index (χ4n) is 2.29. The van der Waals surface area contributed by atoms with Crippen molar-refractivity contribution in [1.29, 1.82) is 0 Å². The molecule has 2 rings (SSSR count). The summed E-state index contributed by atoms with van der Waals surface area (Å²) in [6.45, 7) is 3.21. The molecule has 0 aromatic rings. The zero-order valence-electron chi connectivity index (χ0n) is 7.83. The molecule has 0 aromatic heterocycles. The number of primary amides is 1. The molecule has 0 aromatic carbocycles. The van der Waals surface area contributed by atoms with Gasteiger partial charge in [0.05, 0.1) is 6.04 Å². The Balaban J connectivity index is 1.89. The summed E-state index contributed by atoms with van der Waals surface area (Å²) in [5.74, 6) is -0.148. The Hall–Kier alpha value is -0.610. The maximum absolute atomic E-state index is 11.0. The number of carbonyl (C=O) groups is 1. The second-order valence-electron chi connectivity index (χ2n) is 3.93. The third-order valence-electron chi connectivity index (χ3n) is 3.17. The molecule has 0 aliphatic carbocycles. The molecule has 1 unspecified atom stereocenters. The van der Waals surface area contributed by atoms with E-state index in [-0.39, 0.29) is 11.9 Å². The van der Waals surface area contributed by atoms with Crippen molar-refractivity contribution >= 4 is 5.91 Å². The van der Waals surface area contributed by atoms with Gasteiger partial charge in [-0.3, -0.25) is 9.69 Å². The van der Waals surface area contributed by atoms with Crippen LogP contribution in [-0.2, 0) is 4.79 Å². The van der Waals surface area contributed by atoms with Crippen LogP contribution in [0.15, 0.2) is 0 Å². The lowest BCUT2D eigenvalue weighted by Crippen LogP contribution is -2.60. The lowest BCUT2D eigenvalue weighted by molar-refractivity contribution is -0.129. The lowest BCUT2D eigenvalue weighted by atomic mass is 9.94. The molecule has 0 saturated carbocycles. The molecule has 2 heterocycles. The lowest BCUT2D eigenvalue weighted by Gasteiger charge is -2.45. The average Bonchev–Trinajstić information content (AvgIpc) is 2.02. The number of carbonyl (C=O) groups excluding carboxylic acids is 1. The molecule has 2 aliphatic rings. The molecular weight excluding hydrogens is 166 g/mol. The van der Waals surface area contributed by atoms with Crippen molar-refractivity contribution in [3.8, 4) is 0 Å². The van der Waals surface area contributed by atoms with E-state index in [1.54, 1.807) is 0 Å². The van der Waals surface area contributed by atoms with E-state index in [0.29, 0.717) is 6.04 Å². The van der Waals surface area contributed by atoms with Gasteiger partial charge >= 0.3 is 0 Å². The zero-order valence-corrected chi connectivity index (χ0v) is 7.83. The van der Waals surface area contributed by atoms with Gasteiger partial charge in [-0.25, -0.2) is 0 Å². The minimum absolute atomic E-state index is 0.0306. The van der Waals surface area contributed by atoms with E-state index >= 15 is 0 Å². The van der Waals surface area contributed by atoms with E-state index in [0.717, 1.165) is 38.9 Å². The summed E-state index contributed by atoms with van der Waals surface area (Å²) in [7, 11) is 0. The van der Waals surface area contributed by atoms with Gasteiger partial charge in [-0.05, 0) is 32.4 Å². The minimum Gasteiger partial charge on any atom is -0.368 e. The Kier molecular flexibility index (Phi) is 2.51. The number of nitrogens with one attached hydrogen (secondary N) is 1. The molecule has 13 heavy (non-hydrogen) atoms. The van der Waals surface area contributed by atoms with E-state index in [1.165, 1.54) is 0 Å². The van der Waals surface area contributed by atoms with E-state index in [2.05, 4.69) is 10.2 Å². The largest absolute Gasteiger partial charge is 0.368 e. The fourth-order valence-corrected chi connectivity index (χ4v) is 2.29. The van der Waals surface area contributed by atoms with Gasteiger partial charge in [-0.2, -0.15) is 0 Å². The van der Waals surface area contributed by atoms with Gasteiger partial charge in [0.25, 0.3) is 0 Å². The van der Waals surface area contributed by atoms with Gasteiger partial charge in [0.2, 0.25) is 5.91 Å². The van der Waals surface area contributed by atoms with Crippen LogP contribution < -0.4 is 11.1 Å². The van der Waals surface area contributed by atoms with Crippen LogP contribution in [0.25, 0.3) is 0 Å². The number of amides is 1. The monoisotopic (exact) mass is 183 g/mol. The topological polar surface area (TPSA) is 58.4 Å². The molecule has 3 N–H and O–H groups in total. The molecule has 0 radical (unpaired) electrons. The maximum Gasteiger partial charge on any atom is 0.234 e. The number of rotatable bonds is 2. The van der Waals surface area contributed by atoms with Crippen molar-refractivity contribution < 1.29 is 4.79 Å².